The number of carbonyl (C=O) groups excluding carboxylic acids is 2. The molecule has 2 aliphatic heterocycles. The lowest BCUT2D eigenvalue weighted by Crippen LogP contribution is -2.51. The first-order valence-corrected chi connectivity index (χ1v) is 6.59. The van der Waals surface area contributed by atoms with Gasteiger partial charge in [-0.25, -0.2) is 0 Å². The number of rotatable bonds is 1. The van der Waals surface area contributed by atoms with Crippen LogP contribution in [0.1, 0.15) is 22.8 Å². The predicted molar refractivity (Wildman–Crippen MR) is 72.1 cm³/mol. The van der Waals surface area contributed by atoms with Crippen LogP contribution in [-0.4, -0.2) is 42.4 Å². The predicted octanol–water partition coefficient (Wildman–Crippen LogP) is 0.615. The molecule has 1 aromatic carbocycles. The van der Waals surface area contributed by atoms with Gasteiger partial charge in [-0.3, -0.25) is 9.59 Å². The van der Waals surface area contributed by atoms with Gasteiger partial charge in [0.25, 0.3) is 5.91 Å². The van der Waals surface area contributed by atoms with Crippen molar-refractivity contribution >= 4 is 17.5 Å². The Labute approximate surface area is 112 Å². The highest BCUT2D eigenvalue weighted by molar-refractivity contribution is 6.01. The van der Waals surface area contributed by atoms with Crippen LogP contribution in [0.15, 0.2) is 18.2 Å². The summed E-state index contributed by atoms with van der Waals surface area (Å²) in [7, 11) is 0. The summed E-state index contributed by atoms with van der Waals surface area (Å²) in [6.07, 6.45) is 0.369. The molecule has 0 bridgehead atoms. The number of nitrogens with one attached hydrogen (secondary N) is 2. The van der Waals surface area contributed by atoms with Gasteiger partial charge in [0.2, 0.25) is 5.91 Å². The minimum Gasteiger partial charge on any atom is -0.336 e. The van der Waals surface area contributed by atoms with Gasteiger partial charge in [-0.15, -0.1) is 0 Å². The Morgan fingerprint density at radius 2 is 2.26 bits per heavy atom. The fourth-order valence-corrected chi connectivity index (χ4v) is 2.66. The van der Waals surface area contributed by atoms with Crippen LogP contribution in [0, 0.1) is 0 Å². The lowest BCUT2D eigenvalue weighted by Gasteiger charge is -2.32. The van der Waals surface area contributed by atoms with Crippen molar-refractivity contribution in [3.8, 4) is 0 Å². The topological polar surface area (TPSA) is 61.4 Å². The second-order valence-corrected chi connectivity index (χ2v) is 5.20. The molecule has 2 heterocycles. The molecule has 5 nitrogen and oxygen atoms in total. The molecule has 0 aliphatic carbocycles. The minimum atomic E-state index is -0.00427. The largest absolute Gasteiger partial charge is 0.336 e. The Balaban J connectivity index is 1.81. The fourth-order valence-electron chi connectivity index (χ4n) is 2.66. The second-order valence-electron chi connectivity index (χ2n) is 5.20. The number of carbonyl (C=O) groups is 2. The molecule has 19 heavy (non-hydrogen) atoms. The van der Waals surface area contributed by atoms with Crippen LogP contribution in [0.2, 0.25) is 0 Å². The molecule has 1 saturated heterocycles. The van der Waals surface area contributed by atoms with Gasteiger partial charge in [-0.1, -0.05) is 0 Å². The standard InChI is InChI=1S/C14H17N3O2/c1-9-8-17(5-4-15-9)14(19)10-2-3-12-11(6-10)7-13(18)16-12/h2-3,6,9,15H,4-5,7-8H2,1H3,(H,16,18). The number of fused-ring (bicyclic) bond motifs is 1. The van der Waals surface area contributed by atoms with Crippen molar-refractivity contribution in [2.24, 2.45) is 0 Å². The molecule has 0 spiro atoms. The van der Waals surface area contributed by atoms with Crippen molar-refractivity contribution in [3.05, 3.63) is 29.3 Å². The van der Waals surface area contributed by atoms with Gasteiger partial charge >= 0.3 is 0 Å². The van der Waals surface area contributed by atoms with Gasteiger partial charge in [-0.05, 0) is 30.7 Å². The zero-order valence-electron chi connectivity index (χ0n) is 10.9. The molecule has 0 aromatic heterocycles. The number of amides is 2. The highest BCUT2D eigenvalue weighted by Gasteiger charge is 2.24. The van der Waals surface area contributed by atoms with E-state index >= 15 is 0 Å². The quantitative estimate of drug-likeness (QED) is 0.777. The highest BCUT2D eigenvalue weighted by Crippen LogP contribution is 2.24. The van der Waals surface area contributed by atoms with Crippen molar-refractivity contribution in [3.63, 3.8) is 0 Å². The normalized spacial score (nSPS) is 22.1. The Bertz CT molecular complexity index is 541. The van der Waals surface area contributed by atoms with Crippen LogP contribution in [-0.2, 0) is 11.2 Å². The lowest BCUT2D eigenvalue weighted by atomic mass is 10.1. The van der Waals surface area contributed by atoms with Crippen LogP contribution in [0.25, 0.3) is 0 Å². The van der Waals surface area contributed by atoms with E-state index in [0.29, 0.717) is 18.0 Å². The minimum absolute atomic E-state index is 0.00427. The van der Waals surface area contributed by atoms with E-state index in [9.17, 15) is 9.59 Å². The molecule has 1 aromatic rings. The first-order chi connectivity index (χ1) is 9.13. The summed E-state index contributed by atoms with van der Waals surface area (Å²) in [6, 6.07) is 5.77. The first-order valence-electron chi connectivity index (χ1n) is 6.59. The Hall–Kier alpha value is -1.88. The number of hydrogen-bond acceptors (Lipinski definition) is 3. The maximum absolute atomic E-state index is 12.4. The van der Waals surface area contributed by atoms with Gasteiger partial charge in [0.1, 0.15) is 0 Å². The van der Waals surface area contributed by atoms with E-state index in [-0.39, 0.29) is 11.8 Å². The van der Waals surface area contributed by atoms with E-state index in [1.165, 1.54) is 0 Å². The summed E-state index contributed by atoms with van der Waals surface area (Å²) in [4.78, 5) is 25.6. The van der Waals surface area contributed by atoms with Crippen molar-refractivity contribution in [1.82, 2.24) is 10.2 Å². The summed E-state index contributed by atoms with van der Waals surface area (Å²) in [6.45, 7) is 4.37. The molecule has 1 atom stereocenters. The van der Waals surface area contributed by atoms with Crippen LogP contribution < -0.4 is 10.6 Å². The number of piperazine rings is 1. The van der Waals surface area contributed by atoms with E-state index in [1.54, 1.807) is 6.07 Å². The molecule has 2 aliphatic rings. The zero-order chi connectivity index (χ0) is 13.4. The van der Waals surface area contributed by atoms with Gasteiger partial charge in [0.15, 0.2) is 0 Å². The smallest absolute Gasteiger partial charge is 0.253 e. The van der Waals surface area contributed by atoms with E-state index in [2.05, 4.69) is 17.6 Å². The van der Waals surface area contributed by atoms with Crippen molar-refractivity contribution in [1.29, 1.82) is 0 Å². The lowest BCUT2D eigenvalue weighted by molar-refractivity contribution is -0.115. The molecule has 1 fully saturated rings. The van der Waals surface area contributed by atoms with Crippen LogP contribution in [0.5, 0.6) is 0 Å². The number of nitrogens with zero attached hydrogens (tertiary/aromatic N) is 1. The fraction of sp³-hybridized carbons (Fsp3) is 0.429. The summed E-state index contributed by atoms with van der Waals surface area (Å²) < 4.78 is 0. The SMILES string of the molecule is CC1CN(C(=O)c2ccc3c(c2)CC(=O)N3)CCN1. The molecule has 2 amide bonds. The van der Waals surface area contributed by atoms with Crippen molar-refractivity contribution in [2.75, 3.05) is 25.0 Å². The number of benzene rings is 1. The van der Waals surface area contributed by atoms with Gasteiger partial charge in [0.05, 0.1) is 6.42 Å². The van der Waals surface area contributed by atoms with Crippen molar-refractivity contribution in [2.45, 2.75) is 19.4 Å². The van der Waals surface area contributed by atoms with Gasteiger partial charge in [0, 0.05) is 36.9 Å². The van der Waals surface area contributed by atoms with Crippen LogP contribution in [0.3, 0.4) is 0 Å². The summed E-state index contributed by atoms with van der Waals surface area (Å²) in [5.74, 6) is 0.0471. The Morgan fingerprint density at radius 3 is 3.05 bits per heavy atom. The van der Waals surface area contributed by atoms with E-state index in [0.717, 1.165) is 30.9 Å². The average Bonchev–Trinajstić information content (AvgIpc) is 2.76. The molecule has 5 heteroatoms. The number of hydrogen-bond donors (Lipinski definition) is 2. The Kier molecular flexibility index (Phi) is 2.98. The summed E-state index contributed by atoms with van der Waals surface area (Å²) in [5, 5.41) is 6.09. The number of anilines is 1. The Morgan fingerprint density at radius 1 is 1.42 bits per heavy atom. The third-order valence-electron chi connectivity index (χ3n) is 3.63. The third-order valence-corrected chi connectivity index (χ3v) is 3.63. The molecule has 0 saturated carbocycles. The highest BCUT2D eigenvalue weighted by atomic mass is 16.2. The molecule has 100 valence electrons. The molecule has 1 unspecified atom stereocenters. The van der Waals surface area contributed by atoms with E-state index in [1.807, 2.05) is 17.0 Å². The second kappa shape index (κ2) is 4.66. The van der Waals surface area contributed by atoms with Crippen molar-refractivity contribution < 1.29 is 9.59 Å². The summed E-state index contributed by atoms with van der Waals surface area (Å²) >= 11 is 0. The van der Waals surface area contributed by atoms with Gasteiger partial charge < -0.3 is 15.5 Å². The van der Waals surface area contributed by atoms with Gasteiger partial charge in [-0.2, -0.15) is 0 Å². The first kappa shape index (κ1) is 12.2. The maximum atomic E-state index is 12.4. The van der Waals surface area contributed by atoms with Crippen LogP contribution >= 0.6 is 0 Å². The van der Waals surface area contributed by atoms with E-state index < -0.39 is 0 Å². The van der Waals surface area contributed by atoms with Crippen LogP contribution in [0.4, 0.5) is 5.69 Å². The molecule has 0 radical (unpaired) electrons. The molecular weight excluding hydrogens is 242 g/mol. The average molecular weight is 259 g/mol. The maximum Gasteiger partial charge on any atom is 0.253 e. The van der Waals surface area contributed by atoms with E-state index in [4.69, 9.17) is 0 Å². The zero-order valence-corrected chi connectivity index (χ0v) is 10.9. The molecule has 2 N–H and O–H groups in total. The summed E-state index contributed by atoms with van der Waals surface area (Å²) in [5.41, 5.74) is 2.42. The monoisotopic (exact) mass is 259 g/mol. The third kappa shape index (κ3) is 2.33. The molecular formula is C14H17N3O2. The molecule has 3 rings (SSSR count).